The number of hydrogen-bond acceptors (Lipinski definition) is 7. The zero-order valence-corrected chi connectivity index (χ0v) is 16.4. The maximum absolute atomic E-state index is 12.9. The summed E-state index contributed by atoms with van der Waals surface area (Å²) in [5.74, 6) is -1.09. The zero-order chi connectivity index (χ0) is 20.6. The summed E-state index contributed by atoms with van der Waals surface area (Å²) < 4.78 is 53.0. The molecule has 0 bridgehead atoms. The Balaban J connectivity index is 1.40. The molecule has 1 aliphatic carbocycles. The second-order valence-electron chi connectivity index (χ2n) is 6.95. The number of halogens is 1. The lowest BCUT2D eigenvalue weighted by molar-refractivity contribution is 0.132. The van der Waals surface area contributed by atoms with Crippen LogP contribution in [0.3, 0.4) is 0 Å². The van der Waals surface area contributed by atoms with Crippen molar-refractivity contribution in [2.24, 2.45) is 7.05 Å². The van der Waals surface area contributed by atoms with E-state index in [0.717, 1.165) is 12.4 Å². The van der Waals surface area contributed by atoms with Gasteiger partial charge in [-0.3, -0.25) is 4.57 Å². The standard InChI is InChI=1S/C18H19FN4O5S/c1-23-15-8-14(6-7-16(15)28-18(23)24)29(25,26)22-12-2-4-13(5-3-12)27-17-20-9-11(19)10-21-17/h6-10,12-13,22H,2-5H2,1H3. The Morgan fingerprint density at radius 3 is 2.59 bits per heavy atom. The van der Waals surface area contributed by atoms with Crippen LogP contribution >= 0.6 is 0 Å². The Hall–Kier alpha value is -2.79. The van der Waals surface area contributed by atoms with Gasteiger partial charge in [0.15, 0.2) is 11.4 Å². The van der Waals surface area contributed by atoms with E-state index in [0.29, 0.717) is 36.8 Å². The number of fused-ring (bicyclic) bond motifs is 1. The van der Waals surface area contributed by atoms with Crippen LogP contribution in [0.2, 0.25) is 0 Å². The molecule has 1 fully saturated rings. The van der Waals surface area contributed by atoms with Gasteiger partial charge in [0, 0.05) is 13.1 Å². The van der Waals surface area contributed by atoms with Gasteiger partial charge in [0.05, 0.1) is 22.8 Å². The molecule has 1 N–H and O–H groups in total. The molecule has 1 aromatic carbocycles. The van der Waals surface area contributed by atoms with Crippen molar-refractivity contribution in [3.8, 4) is 6.01 Å². The Kier molecular flexibility index (Phi) is 5.09. The van der Waals surface area contributed by atoms with E-state index in [-0.39, 0.29) is 23.1 Å². The Morgan fingerprint density at radius 2 is 1.90 bits per heavy atom. The van der Waals surface area contributed by atoms with Crippen LogP contribution in [0.25, 0.3) is 11.1 Å². The minimum Gasteiger partial charge on any atom is -0.460 e. The number of ether oxygens (including phenoxy) is 1. The van der Waals surface area contributed by atoms with Crippen molar-refractivity contribution in [1.29, 1.82) is 0 Å². The molecule has 29 heavy (non-hydrogen) atoms. The zero-order valence-electron chi connectivity index (χ0n) is 15.5. The quantitative estimate of drug-likeness (QED) is 0.665. The molecule has 0 spiro atoms. The van der Waals surface area contributed by atoms with Crippen molar-refractivity contribution in [3.63, 3.8) is 0 Å². The minimum atomic E-state index is -3.75. The Labute approximate surface area is 165 Å². The average molecular weight is 422 g/mol. The van der Waals surface area contributed by atoms with Gasteiger partial charge in [0.1, 0.15) is 6.10 Å². The highest BCUT2D eigenvalue weighted by Crippen LogP contribution is 2.24. The molecule has 0 saturated heterocycles. The van der Waals surface area contributed by atoms with Gasteiger partial charge >= 0.3 is 11.8 Å². The molecule has 0 radical (unpaired) electrons. The molecule has 9 nitrogen and oxygen atoms in total. The van der Waals surface area contributed by atoms with E-state index in [9.17, 15) is 17.6 Å². The largest absolute Gasteiger partial charge is 0.460 e. The van der Waals surface area contributed by atoms with Gasteiger partial charge in [-0.15, -0.1) is 0 Å². The summed E-state index contributed by atoms with van der Waals surface area (Å²) in [6, 6.07) is 4.17. The summed E-state index contributed by atoms with van der Waals surface area (Å²) in [4.78, 5) is 19.2. The van der Waals surface area contributed by atoms with E-state index in [2.05, 4.69) is 14.7 Å². The van der Waals surface area contributed by atoms with Crippen LogP contribution in [-0.4, -0.2) is 35.1 Å². The smallest absolute Gasteiger partial charge is 0.419 e. The lowest BCUT2D eigenvalue weighted by atomic mass is 9.94. The normalized spacial score (nSPS) is 20.1. The fourth-order valence-corrected chi connectivity index (χ4v) is 4.69. The molecule has 0 unspecified atom stereocenters. The van der Waals surface area contributed by atoms with Gasteiger partial charge < -0.3 is 9.15 Å². The summed E-state index contributed by atoms with van der Waals surface area (Å²) in [6.07, 6.45) is 4.31. The lowest BCUT2D eigenvalue weighted by Gasteiger charge is -2.28. The molecule has 0 amide bonds. The first-order valence-corrected chi connectivity index (χ1v) is 10.6. The predicted octanol–water partition coefficient (Wildman–Crippen LogP) is 1.73. The first-order chi connectivity index (χ1) is 13.8. The lowest BCUT2D eigenvalue weighted by Crippen LogP contribution is -2.39. The number of oxazole rings is 1. The molecule has 2 aromatic heterocycles. The third-order valence-electron chi connectivity index (χ3n) is 4.94. The Bertz CT molecular complexity index is 1180. The van der Waals surface area contributed by atoms with Crippen molar-refractivity contribution in [2.75, 3.05) is 0 Å². The monoisotopic (exact) mass is 422 g/mol. The number of aromatic nitrogens is 3. The molecule has 1 aliphatic rings. The summed E-state index contributed by atoms with van der Waals surface area (Å²) >= 11 is 0. The second kappa shape index (κ2) is 7.56. The van der Waals surface area contributed by atoms with E-state index >= 15 is 0 Å². The number of benzene rings is 1. The summed E-state index contributed by atoms with van der Waals surface area (Å²) in [5, 5.41) is 0. The fourth-order valence-electron chi connectivity index (χ4n) is 3.37. The molecule has 1 saturated carbocycles. The highest BCUT2D eigenvalue weighted by Gasteiger charge is 2.27. The van der Waals surface area contributed by atoms with E-state index in [4.69, 9.17) is 9.15 Å². The highest BCUT2D eigenvalue weighted by atomic mass is 32.2. The number of rotatable bonds is 5. The molecule has 0 atom stereocenters. The predicted molar refractivity (Wildman–Crippen MR) is 100 cm³/mol. The molecule has 3 aromatic rings. The SMILES string of the molecule is Cn1c(=O)oc2ccc(S(=O)(=O)NC3CCC(Oc4ncc(F)cn4)CC3)cc21. The molecule has 2 heterocycles. The van der Waals surface area contributed by atoms with E-state index < -0.39 is 21.6 Å². The molecule has 11 heteroatoms. The van der Waals surface area contributed by atoms with Crippen molar-refractivity contribution in [1.82, 2.24) is 19.3 Å². The maximum atomic E-state index is 12.9. The summed E-state index contributed by atoms with van der Waals surface area (Å²) in [7, 11) is -2.24. The van der Waals surface area contributed by atoms with Gasteiger partial charge in [0.25, 0.3) is 0 Å². The maximum Gasteiger partial charge on any atom is 0.419 e. The number of nitrogens with one attached hydrogen (secondary N) is 1. The van der Waals surface area contributed by atoms with Crippen molar-refractivity contribution in [3.05, 3.63) is 47.0 Å². The third kappa shape index (κ3) is 4.15. The van der Waals surface area contributed by atoms with Crippen molar-refractivity contribution in [2.45, 2.75) is 42.7 Å². The van der Waals surface area contributed by atoms with Crippen molar-refractivity contribution >= 4 is 21.1 Å². The Morgan fingerprint density at radius 1 is 1.21 bits per heavy atom. The van der Waals surface area contributed by atoms with E-state index in [1.54, 1.807) is 0 Å². The third-order valence-corrected chi connectivity index (χ3v) is 6.46. The van der Waals surface area contributed by atoms with Gasteiger partial charge in [0.2, 0.25) is 10.0 Å². The van der Waals surface area contributed by atoms with Crippen LogP contribution in [0.4, 0.5) is 4.39 Å². The molecular weight excluding hydrogens is 403 g/mol. The first-order valence-electron chi connectivity index (χ1n) is 9.08. The number of sulfonamides is 1. The minimum absolute atomic E-state index is 0.0690. The van der Waals surface area contributed by atoms with Gasteiger partial charge in [-0.2, -0.15) is 0 Å². The second-order valence-corrected chi connectivity index (χ2v) is 8.67. The summed E-state index contributed by atoms with van der Waals surface area (Å²) in [5.41, 5.74) is 0.742. The average Bonchev–Trinajstić information content (AvgIpc) is 2.98. The van der Waals surface area contributed by atoms with Crippen molar-refractivity contribution < 1.29 is 22.0 Å². The summed E-state index contributed by atoms with van der Waals surface area (Å²) in [6.45, 7) is 0. The number of nitrogens with zero attached hydrogens (tertiary/aromatic N) is 3. The highest BCUT2D eigenvalue weighted by molar-refractivity contribution is 7.89. The van der Waals surface area contributed by atoms with E-state index in [1.807, 2.05) is 0 Å². The fraction of sp³-hybridized carbons (Fsp3) is 0.389. The topological polar surface area (TPSA) is 116 Å². The van der Waals surface area contributed by atoms with Crippen LogP contribution in [0, 0.1) is 5.82 Å². The molecule has 154 valence electrons. The van der Waals surface area contributed by atoms with Crippen LogP contribution in [0.1, 0.15) is 25.7 Å². The van der Waals surface area contributed by atoms with Crippen LogP contribution in [0.5, 0.6) is 6.01 Å². The molecular formula is C18H19FN4O5S. The number of hydrogen-bond donors (Lipinski definition) is 1. The first kappa shape index (κ1) is 19.5. The molecule has 4 rings (SSSR count). The van der Waals surface area contributed by atoms with Gasteiger partial charge in [-0.1, -0.05) is 0 Å². The van der Waals surface area contributed by atoms with Crippen LogP contribution < -0.4 is 15.2 Å². The van der Waals surface area contributed by atoms with Crippen LogP contribution in [-0.2, 0) is 17.1 Å². The van der Waals surface area contributed by atoms with Crippen LogP contribution in [0.15, 0.2) is 44.7 Å². The van der Waals surface area contributed by atoms with Gasteiger partial charge in [-0.25, -0.2) is 32.3 Å². The molecule has 0 aliphatic heterocycles. The number of aryl methyl sites for hydroxylation is 1. The van der Waals surface area contributed by atoms with E-state index in [1.165, 1.54) is 29.8 Å². The van der Waals surface area contributed by atoms with Gasteiger partial charge in [-0.05, 0) is 43.9 Å².